The molecule has 1 aliphatic carbocycles. The van der Waals surface area contributed by atoms with Crippen LogP contribution in [0.3, 0.4) is 0 Å². The second-order valence-electron chi connectivity index (χ2n) is 10.2. The third kappa shape index (κ3) is 4.10. The lowest BCUT2D eigenvalue weighted by Gasteiger charge is -2.29. The van der Waals surface area contributed by atoms with Crippen molar-refractivity contribution in [2.45, 2.75) is 37.9 Å². The lowest BCUT2D eigenvalue weighted by molar-refractivity contribution is 0.358. The molecule has 37 heavy (non-hydrogen) atoms. The zero-order valence-electron chi connectivity index (χ0n) is 20.9. The highest BCUT2D eigenvalue weighted by molar-refractivity contribution is 6.04. The van der Waals surface area contributed by atoms with Crippen LogP contribution in [0.5, 0.6) is 0 Å². The number of benzene rings is 5. The van der Waals surface area contributed by atoms with Crippen molar-refractivity contribution in [3.05, 3.63) is 132 Å². The van der Waals surface area contributed by atoms with Crippen LogP contribution in [0.4, 0.5) is 0 Å². The summed E-state index contributed by atoms with van der Waals surface area (Å²) in [7, 11) is 0. The molecule has 2 aliphatic rings. The van der Waals surface area contributed by atoms with E-state index >= 15 is 0 Å². The van der Waals surface area contributed by atoms with E-state index in [1.807, 2.05) is 0 Å². The maximum absolute atomic E-state index is 6.09. The van der Waals surface area contributed by atoms with E-state index in [1.54, 1.807) is 0 Å². The van der Waals surface area contributed by atoms with Crippen molar-refractivity contribution in [2.75, 3.05) is 0 Å². The van der Waals surface area contributed by atoms with Crippen molar-refractivity contribution < 1.29 is 4.74 Å². The van der Waals surface area contributed by atoms with Gasteiger partial charge in [0.15, 0.2) is 0 Å². The highest BCUT2D eigenvalue weighted by Gasteiger charge is 2.40. The number of rotatable bonds is 4. The summed E-state index contributed by atoms with van der Waals surface area (Å²) in [5, 5.41) is 0. The van der Waals surface area contributed by atoms with Crippen LogP contribution in [0.2, 0.25) is 0 Å². The molecule has 1 nitrogen and oxygen atoms in total. The summed E-state index contributed by atoms with van der Waals surface area (Å²) in [6.07, 6.45) is 5.09. The minimum Gasteiger partial charge on any atom is -0.370 e. The molecule has 1 aliphatic heterocycles. The normalized spacial score (nSPS) is 18.3. The minimum atomic E-state index is 0.422. The summed E-state index contributed by atoms with van der Waals surface area (Å²) in [4.78, 5) is 0. The smallest absolute Gasteiger partial charge is 0.0845 e. The molecule has 0 unspecified atom stereocenters. The topological polar surface area (TPSA) is 12.5 Å². The van der Waals surface area contributed by atoms with E-state index in [0.717, 1.165) is 25.7 Å². The van der Waals surface area contributed by atoms with E-state index in [1.165, 1.54) is 55.6 Å². The lowest BCUT2D eigenvalue weighted by atomic mass is 9.74. The highest BCUT2D eigenvalue weighted by Crippen LogP contribution is 2.51. The van der Waals surface area contributed by atoms with Gasteiger partial charge in [0.05, 0.1) is 12.2 Å². The Morgan fingerprint density at radius 3 is 1.00 bits per heavy atom. The minimum absolute atomic E-state index is 0.422. The van der Waals surface area contributed by atoms with Gasteiger partial charge in [-0.3, -0.25) is 0 Å². The predicted molar refractivity (Wildman–Crippen MR) is 153 cm³/mol. The van der Waals surface area contributed by atoms with Crippen LogP contribution in [0.15, 0.2) is 121 Å². The summed E-state index contributed by atoms with van der Waals surface area (Å²) in [6, 6.07) is 44.1. The molecule has 0 aromatic heterocycles. The number of ether oxygens (including phenoxy) is 1. The van der Waals surface area contributed by atoms with Crippen LogP contribution >= 0.6 is 0 Å². The fourth-order valence-corrected chi connectivity index (χ4v) is 6.30. The van der Waals surface area contributed by atoms with Crippen LogP contribution in [0, 0.1) is 0 Å². The second-order valence-corrected chi connectivity index (χ2v) is 10.2. The van der Waals surface area contributed by atoms with Gasteiger partial charge in [-0.05, 0) is 81.3 Å². The van der Waals surface area contributed by atoms with Gasteiger partial charge >= 0.3 is 0 Å². The van der Waals surface area contributed by atoms with Crippen molar-refractivity contribution >= 4 is 0 Å². The zero-order chi connectivity index (χ0) is 24.6. The zero-order valence-corrected chi connectivity index (χ0v) is 20.9. The Hall–Kier alpha value is -3.94. The van der Waals surface area contributed by atoms with E-state index in [0.29, 0.717) is 12.2 Å². The summed E-state index contributed by atoms with van der Waals surface area (Å²) in [5.74, 6) is 0. The van der Waals surface area contributed by atoms with E-state index in [4.69, 9.17) is 4.74 Å². The van der Waals surface area contributed by atoms with Crippen molar-refractivity contribution in [2.24, 2.45) is 0 Å². The average Bonchev–Trinajstić information content (AvgIpc) is 3.72. The molecular formula is C36H30O. The third-order valence-electron chi connectivity index (χ3n) is 8.01. The van der Waals surface area contributed by atoms with Gasteiger partial charge in [0, 0.05) is 0 Å². The molecule has 1 fully saturated rings. The molecule has 0 spiro atoms. The third-order valence-corrected chi connectivity index (χ3v) is 8.01. The maximum atomic E-state index is 6.09. The van der Waals surface area contributed by atoms with Gasteiger partial charge < -0.3 is 4.74 Å². The first-order valence-electron chi connectivity index (χ1n) is 13.5. The first kappa shape index (κ1) is 22.3. The van der Waals surface area contributed by atoms with Crippen molar-refractivity contribution in [3.63, 3.8) is 0 Å². The standard InChI is InChI=1S/C36H30O/c1-5-13-25(14-6-1)33-29-21-23-31-32(37-31)24-22-30(29)34(26-15-7-2-8-16-26)36(28-19-11-4-12-20-28)35(33)27-17-9-3-10-18-27/h1-20,31-32H,21-24H2/t31-,32+. The maximum Gasteiger partial charge on any atom is 0.0845 e. The second kappa shape index (κ2) is 9.50. The van der Waals surface area contributed by atoms with E-state index < -0.39 is 0 Å². The first-order valence-corrected chi connectivity index (χ1v) is 13.5. The molecule has 0 amide bonds. The lowest BCUT2D eigenvalue weighted by Crippen LogP contribution is -2.11. The van der Waals surface area contributed by atoms with Crippen molar-refractivity contribution in [3.8, 4) is 44.5 Å². The molecule has 1 saturated heterocycles. The molecule has 0 N–H and O–H groups in total. The molecule has 0 bridgehead atoms. The quantitative estimate of drug-likeness (QED) is 0.235. The number of hydrogen-bond acceptors (Lipinski definition) is 1. The summed E-state index contributed by atoms with van der Waals surface area (Å²) in [6.45, 7) is 0. The van der Waals surface area contributed by atoms with E-state index in [-0.39, 0.29) is 0 Å². The molecule has 2 atom stereocenters. The van der Waals surface area contributed by atoms with Gasteiger partial charge in [0.1, 0.15) is 0 Å². The fraction of sp³-hybridized carbons (Fsp3) is 0.167. The van der Waals surface area contributed by atoms with E-state index in [2.05, 4.69) is 121 Å². The van der Waals surface area contributed by atoms with Crippen LogP contribution in [-0.4, -0.2) is 12.2 Å². The Morgan fingerprint density at radius 2 is 0.676 bits per heavy atom. The molecule has 5 aromatic rings. The monoisotopic (exact) mass is 478 g/mol. The van der Waals surface area contributed by atoms with Gasteiger partial charge in [0.2, 0.25) is 0 Å². The number of fused-ring (bicyclic) bond motifs is 2. The van der Waals surface area contributed by atoms with Gasteiger partial charge in [-0.15, -0.1) is 0 Å². The van der Waals surface area contributed by atoms with Crippen LogP contribution < -0.4 is 0 Å². The van der Waals surface area contributed by atoms with Gasteiger partial charge in [-0.1, -0.05) is 121 Å². The number of epoxide rings is 1. The molecule has 7 rings (SSSR count). The molecular weight excluding hydrogens is 448 g/mol. The Bertz CT molecular complexity index is 1400. The molecule has 0 radical (unpaired) electrons. The fourth-order valence-electron chi connectivity index (χ4n) is 6.30. The molecule has 5 aromatic carbocycles. The van der Waals surface area contributed by atoms with Crippen LogP contribution in [0.1, 0.15) is 24.0 Å². The first-order chi connectivity index (χ1) is 18.4. The number of hydrogen-bond donors (Lipinski definition) is 0. The van der Waals surface area contributed by atoms with Crippen molar-refractivity contribution in [1.82, 2.24) is 0 Å². The average molecular weight is 479 g/mol. The summed E-state index contributed by atoms with van der Waals surface area (Å²) >= 11 is 0. The largest absolute Gasteiger partial charge is 0.370 e. The summed E-state index contributed by atoms with van der Waals surface area (Å²) < 4.78 is 6.09. The van der Waals surface area contributed by atoms with Gasteiger partial charge in [0.25, 0.3) is 0 Å². The summed E-state index contributed by atoms with van der Waals surface area (Å²) in [5.41, 5.74) is 13.6. The molecule has 1 heteroatoms. The molecule has 180 valence electrons. The van der Waals surface area contributed by atoms with Crippen LogP contribution in [0.25, 0.3) is 44.5 Å². The Morgan fingerprint density at radius 1 is 0.378 bits per heavy atom. The molecule has 1 heterocycles. The predicted octanol–water partition coefficient (Wildman–Crippen LogP) is 9.00. The van der Waals surface area contributed by atoms with Gasteiger partial charge in [-0.25, -0.2) is 0 Å². The Labute approximate surface area is 219 Å². The van der Waals surface area contributed by atoms with Crippen molar-refractivity contribution in [1.29, 1.82) is 0 Å². The molecule has 0 saturated carbocycles. The van der Waals surface area contributed by atoms with E-state index in [9.17, 15) is 0 Å². The Balaban J connectivity index is 1.67. The Kier molecular flexibility index (Phi) is 5.72. The van der Waals surface area contributed by atoms with Gasteiger partial charge in [-0.2, -0.15) is 0 Å². The SMILES string of the molecule is c1ccc(-c2c3c(c(-c4ccccc4)c(-c4ccccc4)c2-c2ccccc2)CC[C@H]2O[C@H]2CC3)cc1. The van der Waals surface area contributed by atoms with Crippen LogP contribution in [-0.2, 0) is 17.6 Å². The highest BCUT2D eigenvalue weighted by atomic mass is 16.6.